The average Bonchev–Trinajstić information content (AvgIpc) is 2.07. The van der Waals surface area contributed by atoms with E-state index in [1.54, 1.807) is 0 Å². The summed E-state index contributed by atoms with van der Waals surface area (Å²) in [7, 11) is 1.98. The lowest BCUT2D eigenvalue weighted by atomic mass is 10.0. The molecule has 0 unspecified atom stereocenters. The van der Waals surface area contributed by atoms with Gasteiger partial charge in [0.15, 0.2) is 7.85 Å². The van der Waals surface area contributed by atoms with Crippen molar-refractivity contribution in [1.82, 2.24) is 9.97 Å². The van der Waals surface area contributed by atoms with Crippen molar-refractivity contribution in [2.24, 2.45) is 0 Å². The van der Waals surface area contributed by atoms with E-state index in [1.807, 2.05) is 39.0 Å². The Kier molecular flexibility index (Phi) is 1.57. The molecule has 0 radical (unpaired) electrons. The molecule has 0 spiro atoms. The molecule has 0 N–H and O–H groups in total. The number of fused-ring (bicyclic) bond motifs is 1. The summed E-state index contributed by atoms with van der Waals surface area (Å²) in [6, 6.07) is 7.92. The molecule has 1 aromatic heterocycles. The van der Waals surface area contributed by atoms with Gasteiger partial charge in [0.05, 0.1) is 11.0 Å². The standard InChI is InChI=1S/C9H9BN2/c1-6-9(10)12-8-5-3-2-4-7(8)11-6/h2-5H,10H2,1H3. The average molecular weight is 156 g/mol. The third-order valence-electron chi connectivity index (χ3n) is 1.98. The predicted octanol–water partition coefficient (Wildman–Crippen LogP) is 0.197. The molecule has 1 heterocycles. The summed E-state index contributed by atoms with van der Waals surface area (Å²) in [5, 5.41) is 0. The van der Waals surface area contributed by atoms with E-state index < -0.39 is 0 Å². The summed E-state index contributed by atoms with van der Waals surface area (Å²) < 4.78 is 0. The minimum absolute atomic E-state index is 0.973. The van der Waals surface area contributed by atoms with Crippen LogP contribution in [0.5, 0.6) is 0 Å². The highest BCUT2D eigenvalue weighted by Crippen LogP contribution is 2.05. The molecular formula is C9H9BN2. The van der Waals surface area contributed by atoms with Crippen LogP contribution in [0.1, 0.15) is 5.69 Å². The number of hydrogen-bond acceptors (Lipinski definition) is 2. The zero-order valence-electron chi connectivity index (χ0n) is 7.20. The molecule has 0 saturated heterocycles. The third-order valence-corrected chi connectivity index (χ3v) is 1.98. The van der Waals surface area contributed by atoms with Gasteiger partial charge in [0.25, 0.3) is 0 Å². The summed E-state index contributed by atoms with van der Waals surface area (Å²) in [6.07, 6.45) is 0. The fourth-order valence-corrected chi connectivity index (χ4v) is 1.18. The maximum absolute atomic E-state index is 4.41. The number of hydrogen-bond donors (Lipinski definition) is 0. The van der Waals surface area contributed by atoms with Crippen LogP contribution in [0.4, 0.5) is 0 Å². The van der Waals surface area contributed by atoms with Gasteiger partial charge in [-0.3, -0.25) is 9.97 Å². The van der Waals surface area contributed by atoms with Gasteiger partial charge in [0, 0.05) is 11.3 Å². The first-order valence-electron chi connectivity index (χ1n) is 3.97. The lowest BCUT2D eigenvalue weighted by Gasteiger charge is -2.00. The van der Waals surface area contributed by atoms with E-state index in [1.165, 1.54) is 0 Å². The van der Waals surface area contributed by atoms with E-state index in [4.69, 9.17) is 0 Å². The summed E-state index contributed by atoms with van der Waals surface area (Å²) in [5.74, 6) is 0. The van der Waals surface area contributed by atoms with Crippen LogP contribution >= 0.6 is 0 Å². The van der Waals surface area contributed by atoms with Crippen LogP contribution in [0.25, 0.3) is 11.0 Å². The second-order valence-corrected chi connectivity index (χ2v) is 2.88. The zero-order chi connectivity index (χ0) is 8.55. The SMILES string of the molecule is Bc1nc2ccccc2nc1C. The van der Waals surface area contributed by atoms with Crippen LogP contribution in [0, 0.1) is 6.92 Å². The Labute approximate surface area is 72.1 Å². The number of nitrogens with zero attached hydrogens (tertiary/aromatic N) is 2. The summed E-state index contributed by atoms with van der Waals surface area (Å²) in [6.45, 7) is 1.98. The van der Waals surface area contributed by atoms with E-state index in [2.05, 4.69) is 9.97 Å². The second kappa shape index (κ2) is 2.59. The Morgan fingerprint density at radius 1 is 1.08 bits per heavy atom. The van der Waals surface area contributed by atoms with Gasteiger partial charge in [0.2, 0.25) is 0 Å². The van der Waals surface area contributed by atoms with E-state index in [-0.39, 0.29) is 0 Å². The van der Waals surface area contributed by atoms with E-state index in [0.29, 0.717) is 0 Å². The summed E-state index contributed by atoms with van der Waals surface area (Å²) in [4.78, 5) is 8.83. The highest BCUT2D eigenvalue weighted by Gasteiger charge is 1.98. The molecule has 12 heavy (non-hydrogen) atoms. The molecule has 0 atom stereocenters. The highest BCUT2D eigenvalue weighted by molar-refractivity contribution is 6.31. The Morgan fingerprint density at radius 2 is 1.67 bits per heavy atom. The maximum Gasteiger partial charge on any atom is 0.166 e. The molecule has 1 aromatic carbocycles. The Balaban J connectivity index is 2.84. The Morgan fingerprint density at radius 3 is 2.33 bits per heavy atom. The molecule has 0 bridgehead atoms. The van der Waals surface area contributed by atoms with Gasteiger partial charge in [-0.2, -0.15) is 0 Å². The molecule has 0 saturated carbocycles. The molecule has 2 aromatic rings. The van der Waals surface area contributed by atoms with Crippen molar-refractivity contribution in [3.63, 3.8) is 0 Å². The fraction of sp³-hybridized carbons (Fsp3) is 0.111. The van der Waals surface area contributed by atoms with Gasteiger partial charge in [-0.25, -0.2) is 0 Å². The van der Waals surface area contributed by atoms with Crippen molar-refractivity contribution in [3.8, 4) is 0 Å². The number of aromatic nitrogens is 2. The quantitative estimate of drug-likeness (QED) is 0.509. The highest BCUT2D eigenvalue weighted by atomic mass is 14.8. The summed E-state index contributed by atoms with van der Waals surface area (Å²) in [5.41, 5.74) is 3.96. The van der Waals surface area contributed by atoms with Crippen LogP contribution in [0.2, 0.25) is 0 Å². The van der Waals surface area contributed by atoms with Crippen molar-refractivity contribution in [3.05, 3.63) is 30.0 Å². The molecule has 2 nitrogen and oxygen atoms in total. The van der Waals surface area contributed by atoms with Crippen molar-refractivity contribution in [1.29, 1.82) is 0 Å². The Hall–Kier alpha value is -1.38. The van der Waals surface area contributed by atoms with E-state index >= 15 is 0 Å². The largest absolute Gasteiger partial charge is 0.260 e. The van der Waals surface area contributed by atoms with Crippen LogP contribution in [0.15, 0.2) is 24.3 Å². The van der Waals surface area contributed by atoms with Crippen LogP contribution in [-0.2, 0) is 0 Å². The van der Waals surface area contributed by atoms with Crippen molar-refractivity contribution in [2.45, 2.75) is 6.92 Å². The topological polar surface area (TPSA) is 25.8 Å². The third kappa shape index (κ3) is 1.07. The second-order valence-electron chi connectivity index (χ2n) is 2.88. The van der Waals surface area contributed by atoms with Crippen LogP contribution in [0.3, 0.4) is 0 Å². The molecule has 0 amide bonds. The fourth-order valence-electron chi connectivity index (χ4n) is 1.18. The van der Waals surface area contributed by atoms with Crippen LogP contribution < -0.4 is 5.59 Å². The number of para-hydroxylation sites is 2. The monoisotopic (exact) mass is 156 g/mol. The first-order valence-corrected chi connectivity index (χ1v) is 3.97. The van der Waals surface area contributed by atoms with Crippen molar-refractivity contribution < 1.29 is 0 Å². The lowest BCUT2D eigenvalue weighted by Crippen LogP contribution is -2.14. The van der Waals surface area contributed by atoms with Gasteiger partial charge >= 0.3 is 0 Å². The molecule has 0 aliphatic rings. The van der Waals surface area contributed by atoms with Gasteiger partial charge in [0.1, 0.15) is 0 Å². The summed E-state index contributed by atoms with van der Waals surface area (Å²) >= 11 is 0. The first-order chi connectivity index (χ1) is 5.77. The maximum atomic E-state index is 4.41. The van der Waals surface area contributed by atoms with Gasteiger partial charge in [-0.15, -0.1) is 0 Å². The first kappa shape index (κ1) is 7.28. The van der Waals surface area contributed by atoms with E-state index in [9.17, 15) is 0 Å². The van der Waals surface area contributed by atoms with Gasteiger partial charge in [-0.05, 0) is 19.1 Å². The minimum atomic E-state index is 0.973. The van der Waals surface area contributed by atoms with Crippen molar-refractivity contribution in [2.75, 3.05) is 0 Å². The van der Waals surface area contributed by atoms with E-state index in [0.717, 1.165) is 22.3 Å². The van der Waals surface area contributed by atoms with Crippen molar-refractivity contribution >= 4 is 24.5 Å². The zero-order valence-corrected chi connectivity index (χ0v) is 7.20. The number of rotatable bonds is 0. The molecule has 3 heteroatoms. The molecule has 0 aliphatic heterocycles. The Bertz CT molecular complexity index is 385. The normalized spacial score (nSPS) is 10.4. The number of aryl methyl sites for hydroxylation is 1. The molecule has 2 rings (SSSR count). The van der Waals surface area contributed by atoms with Gasteiger partial charge in [-0.1, -0.05) is 12.1 Å². The van der Waals surface area contributed by atoms with Crippen LogP contribution in [-0.4, -0.2) is 17.8 Å². The van der Waals surface area contributed by atoms with Gasteiger partial charge < -0.3 is 0 Å². The molecule has 58 valence electrons. The molecule has 0 aliphatic carbocycles. The smallest absolute Gasteiger partial charge is 0.166 e. The predicted molar refractivity (Wildman–Crippen MR) is 52.5 cm³/mol. The minimum Gasteiger partial charge on any atom is -0.260 e. The lowest BCUT2D eigenvalue weighted by molar-refractivity contribution is 1.23. The molecular weight excluding hydrogens is 147 g/mol. The number of benzene rings is 1. The molecule has 0 fully saturated rings.